The Kier molecular flexibility index (Phi) is 4.39. The minimum Gasteiger partial charge on any atom is -0.378 e. The summed E-state index contributed by atoms with van der Waals surface area (Å²) in [5.74, 6) is -0.114. The van der Waals surface area contributed by atoms with Crippen molar-refractivity contribution in [3.8, 4) is 10.6 Å². The molecule has 3 aromatic rings. The average Bonchev–Trinajstić information content (AvgIpc) is 3.10. The van der Waals surface area contributed by atoms with Crippen LogP contribution < -0.4 is 10.2 Å². The maximum Gasteiger partial charge on any atom is 0.255 e. The number of thiazole rings is 1. The van der Waals surface area contributed by atoms with Gasteiger partial charge in [-0.2, -0.15) is 0 Å². The van der Waals surface area contributed by atoms with Gasteiger partial charge in [0.05, 0.1) is 0 Å². The normalized spacial score (nSPS) is 10.3. The SMILES string of the molecule is CN(C)c1ccc(C(=O)Nc2ccc(-c3nccs3)cc2)cc1. The number of hydrogen-bond donors (Lipinski definition) is 1. The fourth-order valence-electron chi connectivity index (χ4n) is 2.18. The zero-order chi connectivity index (χ0) is 16.2. The van der Waals surface area contributed by atoms with E-state index in [2.05, 4.69) is 10.3 Å². The van der Waals surface area contributed by atoms with Gasteiger partial charge in [-0.15, -0.1) is 11.3 Å². The van der Waals surface area contributed by atoms with E-state index in [1.165, 1.54) is 0 Å². The van der Waals surface area contributed by atoms with Gasteiger partial charge in [-0.25, -0.2) is 4.98 Å². The van der Waals surface area contributed by atoms with E-state index in [0.717, 1.165) is 21.9 Å². The zero-order valence-electron chi connectivity index (χ0n) is 13.0. The first-order valence-corrected chi connectivity index (χ1v) is 8.10. The molecule has 1 heterocycles. The predicted octanol–water partition coefficient (Wildman–Crippen LogP) is 4.13. The Bertz CT molecular complexity index is 778. The third-order valence-corrected chi connectivity index (χ3v) is 4.29. The molecule has 5 heteroatoms. The van der Waals surface area contributed by atoms with Gasteiger partial charge in [-0.3, -0.25) is 4.79 Å². The maximum absolute atomic E-state index is 12.3. The van der Waals surface area contributed by atoms with E-state index in [1.807, 2.05) is 72.9 Å². The van der Waals surface area contributed by atoms with Gasteiger partial charge in [-0.1, -0.05) is 0 Å². The fraction of sp³-hybridized carbons (Fsp3) is 0.111. The first kappa shape index (κ1) is 15.2. The minimum absolute atomic E-state index is 0.114. The van der Waals surface area contributed by atoms with Crippen molar-refractivity contribution in [3.05, 3.63) is 65.7 Å². The summed E-state index contributed by atoms with van der Waals surface area (Å²) < 4.78 is 0. The van der Waals surface area contributed by atoms with Crippen LogP contribution in [0, 0.1) is 0 Å². The Morgan fingerprint density at radius 2 is 1.74 bits per heavy atom. The Labute approximate surface area is 139 Å². The number of carbonyl (C=O) groups is 1. The molecule has 4 nitrogen and oxygen atoms in total. The van der Waals surface area contributed by atoms with Crippen LogP contribution in [0.3, 0.4) is 0 Å². The molecule has 0 spiro atoms. The molecule has 0 atom stereocenters. The van der Waals surface area contributed by atoms with Crippen LogP contribution in [-0.2, 0) is 0 Å². The van der Waals surface area contributed by atoms with E-state index in [1.54, 1.807) is 17.5 Å². The Morgan fingerprint density at radius 3 is 2.30 bits per heavy atom. The smallest absolute Gasteiger partial charge is 0.255 e. The molecule has 23 heavy (non-hydrogen) atoms. The number of nitrogens with one attached hydrogen (secondary N) is 1. The molecule has 0 saturated carbocycles. The summed E-state index contributed by atoms with van der Waals surface area (Å²) >= 11 is 1.59. The summed E-state index contributed by atoms with van der Waals surface area (Å²) in [5, 5.41) is 5.83. The van der Waals surface area contributed by atoms with Crippen LogP contribution >= 0.6 is 11.3 Å². The summed E-state index contributed by atoms with van der Waals surface area (Å²) in [6.07, 6.45) is 1.78. The number of rotatable bonds is 4. The van der Waals surface area contributed by atoms with Crippen LogP contribution in [0.1, 0.15) is 10.4 Å². The second-order valence-electron chi connectivity index (χ2n) is 5.31. The topological polar surface area (TPSA) is 45.2 Å². The minimum atomic E-state index is -0.114. The van der Waals surface area contributed by atoms with Crippen molar-refractivity contribution in [2.45, 2.75) is 0 Å². The summed E-state index contributed by atoms with van der Waals surface area (Å²) in [6.45, 7) is 0. The van der Waals surface area contributed by atoms with E-state index in [-0.39, 0.29) is 5.91 Å². The first-order valence-electron chi connectivity index (χ1n) is 7.22. The molecule has 0 saturated heterocycles. The molecule has 116 valence electrons. The van der Waals surface area contributed by atoms with E-state index < -0.39 is 0 Å². The Morgan fingerprint density at radius 1 is 1.04 bits per heavy atom. The lowest BCUT2D eigenvalue weighted by atomic mass is 10.1. The molecule has 0 fully saturated rings. The summed E-state index contributed by atoms with van der Waals surface area (Å²) in [7, 11) is 3.94. The molecule has 3 rings (SSSR count). The number of carbonyl (C=O) groups excluding carboxylic acids is 1. The summed E-state index contributed by atoms with van der Waals surface area (Å²) in [6, 6.07) is 15.2. The number of hydrogen-bond acceptors (Lipinski definition) is 4. The third kappa shape index (κ3) is 3.57. The van der Waals surface area contributed by atoms with Crippen LogP contribution in [0.4, 0.5) is 11.4 Å². The number of amides is 1. The van der Waals surface area contributed by atoms with Gasteiger partial charge in [0, 0.05) is 48.2 Å². The van der Waals surface area contributed by atoms with Crippen molar-refractivity contribution in [1.29, 1.82) is 0 Å². The fourth-order valence-corrected chi connectivity index (χ4v) is 2.82. The summed E-state index contributed by atoms with van der Waals surface area (Å²) in [4.78, 5) is 18.5. The lowest BCUT2D eigenvalue weighted by molar-refractivity contribution is 0.102. The molecule has 2 aromatic carbocycles. The van der Waals surface area contributed by atoms with Gasteiger partial charge in [-0.05, 0) is 48.5 Å². The average molecular weight is 323 g/mol. The molecular weight excluding hydrogens is 306 g/mol. The molecule has 1 amide bonds. The molecular formula is C18H17N3OS. The van der Waals surface area contributed by atoms with Crippen LogP contribution in [0.5, 0.6) is 0 Å². The van der Waals surface area contributed by atoms with Crippen molar-refractivity contribution in [1.82, 2.24) is 4.98 Å². The van der Waals surface area contributed by atoms with Crippen molar-refractivity contribution >= 4 is 28.6 Å². The van der Waals surface area contributed by atoms with Gasteiger partial charge in [0.25, 0.3) is 5.91 Å². The highest BCUT2D eigenvalue weighted by Gasteiger charge is 2.07. The van der Waals surface area contributed by atoms with E-state index in [4.69, 9.17) is 0 Å². The summed E-state index contributed by atoms with van der Waals surface area (Å²) in [5.41, 5.74) is 3.52. The van der Waals surface area contributed by atoms with Crippen LogP contribution in [-0.4, -0.2) is 25.0 Å². The molecule has 0 aliphatic carbocycles. The quantitative estimate of drug-likeness (QED) is 0.785. The zero-order valence-corrected chi connectivity index (χ0v) is 13.8. The van der Waals surface area contributed by atoms with Crippen LogP contribution in [0.25, 0.3) is 10.6 Å². The third-order valence-electron chi connectivity index (χ3n) is 3.47. The van der Waals surface area contributed by atoms with Gasteiger partial charge in [0.15, 0.2) is 0 Å². The van der Waals surface area contributed by atoms with E-state index in [0.29, 0.717) is 5.56 Å². The van der Waals surface area contributed by atoms with Crippen LogP contribution in [0.2, 0.25) is 0 Å². The number of anilines is 2. The molecule has 1 aromatic heterocycles. The van der Waals surface area contributed by atoms with Crippen molar-refractivity contribution in [2.75, 3.05) is 24.3 Å². The standard InChI is InChI=1S/C18H17N3OS/c1-21(2)16-9-5-13(6-10-16)17(22)20-15-7-3-14(4-8-15)18-19-11-12-23-18/h3-12H,1-2H3,(H,20,22). The molecule has 1 N–H and O–H groups in total. The Hall–Kier alpha value is -2.66. The highest BCUT2D eigenvalue weighted by Crippen LogP contribution is 2.23. The van der Waals surface area contributed by atoms with E-state index in [9.17, 15) is 4.79 Å². The monoisotopic (exact) mass is 323 g/mol. The van der Waals surface area contributed by atoms with Gasteiger partial charge >= 0.3 is 0 Å². The largest absolute Gasteiger partial charge is 0.378 e. The van der Waals surface area contributed by atoms with Crippen LogP contribution in [0.15, 0.2) is 60.1 Å². The molecule has 0 aliphatic rings. The van der Waals surface area contributed by atoms with Gasteiger partial charge in [0.2, 0.25) is 0 Å². The van der Waals surface area contributed by atoms with E-state index >= 15 is 0 Å². The molecule has 0 radical (unpaired) electrons. The molecule has 0 unspecified atom stereocenters. The van der Waals surface area contributed by atoms with Gasteiger partial charge in [0.1, 0.15) is 5.01 Å². The molecule has 0 aliphatic heterocycles. The maximum atomic E-state index is 12.3. The second kappa shape index (κ2) is 6.62. The van der Waals surface area contributed by atoms with Gasteiger partial charge < -0.3 is 10.2 Å². The predicted molar refractivity (Wildman–Crippen MR) is 96.3 cm³/mol. The van der Waals surface area contributed by atoms with Crippen molar-refractivity contribution in [2.24, 2.45) is 0 Å². The molecule has 0 bridgehead atoms. The number of nitrogens with zero attached hydrogens (tertiary/aromatic N) is 2. The highest BCUT2D eigenvalue weighted by molar-refractivity contribution is 7.13. The lowest BCUT2D eigenvalue weighted by Crippen LogP contribution is -2.13. The lowest BCUT2D eigenvalue weighted by Gasteiger charge is -2.12. The number of aromatic nitrogens is 1. The number of benzene rings is 2. The van der Waals surface area contributed by atoms with Crippen molar-refractivity contribution in [3.63, 3.8) is 0 Å². The first-order chi connectivity index (χ1) is 11.1. The van der Waals surface area contributed by atoms with Crippen molar-refractivity contribution < 1.29 is 4.79 Å². The Balaban J connectivity index is 1.70. The highest BCUT2D eigenvalue weighted by atomic mass is 32.1. The second-order valence-corrected chi connectivity index (χ2v) is 6.20.